The molecule has 2 heterocycles. The quantitative estimate of drug-likeness (QED) is 0.441. The van der Waals surface area contributed by atoms with Gasteiger partial charge in [-0.15, -0.1) is 0 Å². The van der Waals surface area contributed by atoms with Crippen molar-refractivity contribution < 1.29 is 9.53 Å². The van der Waals surface area contributed by atoms with Crippen LogP contribution in [0.1, 0.15) is 15.9 Å². The third kappa shape index (κ3) is 4.27. The molecule has 0 radical (unpaired) electrons. The monoisotopic (exact) mass is 437 g/mol. The Labute approximate surface area is 194 Å². The zero-order chi connectivity index (χ0) is 22.8. The van der Waals surface area contributed by atoms with Crippen LogP contribution in [-0.4, -0.2) is 49.1 Å². The van der Waals surface area contributed by atoms with Crippen LogP contribution in [0.4, 0.5) is 5.69 Å². The molecule has 1 amide bonds. The number of rotatable bonds is 4. The molecule has 0 bridgehead atoms. The van der Waals surface area contributed by atoms with Crippen molar-refractivity contribution in [3.05, 3.63) is 90.0 Å². The molecule has 0 N–H and O–H groups in total. The molecular formula is C28H27N3O2. The highest BCUT2D eigenvalue weighted by atomic mass is 16.5. The fourth-order valence-electron chi connectivity index (χ4n) is 4.40. The number of aromatic nitrogens is 1. The van der Waals surface area contributed by atoms with Crippen LogP contribution in [0, 0.1) is 6.92 Å². The summed E-state index contributed by atoms with van der Waals surface area (Å²) in [6, 6.07) is 26.2. The lowest BCUT2D eigenvalue weighted by Crippen LogP contribution is -2.48. The summed E-state index contributed by atoms with van der Waals surface area (Å²) < 4.78 is 5.26. The second kappa shape index (κ2) is 8.94. The number of aryl methyl sites for hydroxylation is 1. The summed E-state index contributed by atoms with van der Waals surface area (Å²) in [5, 5.41) is 0.914. The molecule has 1 aliphatic rings. The summed E-state index contributed by atoms with van der Waals surface area (Å²) in [4.78, 5) is 22.8. The van der Waals surface area contributed by atoms with Gasteiger partial charge in [0.15, 0.2) is 0 Å². The highest BCUT2D eigenvalue weighted by Crippen LogP contribution is 2.27. The molecule has 0 saturated carbocycles. The average Bonchev–Trinajstić information content (AvgIpc) is 2.88. The second-order valence-corrected chi connectivity index (χ2v) is 8.42. The molecule has 5 heteroatoms. The van der Waals surface area contributed by atoms with Crippen molar-refractivity contribution >= 4 is 22.5 Å². The third-order valence-electron chi connectivity index (χ3n) is 6.27. The topological polar surface area (TPSA) is 45.7 Å². The molecule has 166 valence electrons. The maximum atomic E-state index is 13.7. The molecular weight excluding hydrogens is 410 g/mol. The molecule has 5 nitrogen and oxygen atoms in total. The summed E-state index contributed by atoms with van der Waals surface area (Å²) >= 11 is 0. The Morgan fingerprint density at radius 1 is 0.879 bits per heavy atom. The van der Waals surface area contributed by atoms with E-state index < -0.39 is 0 Å². The van der Waals surface area contributed by atoms with E-state index in [-0.39, 0.29) is 5.91 Å². The Kier molecular flexibility index (Phi) is 5.69. The predicted molar refractivity (Wildman–Crippen MR) is 133 cm³/mol. The summed E-state index contributed by atoms with van der Waals surface area (Å²) in [6.07, 6.45) is 0. The third-order valence-corrected chi connectivity index (χ3v) is 6.27. The maximum Gasteiger partial charge on any atom is 0.254 e. The van der Waals surface area contributed by atoms with Crippen molar-refractivity contribution in [3.8, 4) is 17.0 Å². The molecule has 0 atom stereocenters. The first-order chi connectivity index (χ1) is 16.1. The van der Waals surface area contributed by atoms with Gasteiger partial charge in [-0.2, -0.15) is 0 Å². The number of hydrogen-bond acceptors (Lipinski definition) is 4. The fourth-order valence-corrected chi connectivity index (χ4v) is 4.40. The number of benzene rings is 3. The van der Waals surface area contributed by atoms with Crippen molar-refractivity contribution in [1.29, 1.82) is 0 Å². The van der Waals surface area contributed by atoms with Gasteiger partial charge in [-0.25, -0.2) is 4.98 Å². The molecule has 1 aliphatic heterocycles. The largest absolute Gasteiger partial charge is 0.497 e. The zero-order valence-corrected chi connectivity index (χ0v) is 19.0. The molecule has 0 aliphatic carbocycles. The van der Waals surface area contributed by atoms with E-state index in [2.05, 4.69) is 23.1 Å². The first-order valence-corrected chi connectivity index (χ1v) is 11.3. The van der Waals surface area contributed by atoms with Crippen LogP contribution >= 0.6 is 0 Å². The van der Waals surface area contributed by atoms with E-state index in [1.165, 1.54) is 0 Å². The highest BCUT2D eigenvalue weighted by Gasteiger charge is 2.24. The molecule has 1 fully saturated rings. The maximum absolute atomic E-state index is 13.7. The van der Waals surface area contributed by atoms with E-state index in [0.717, 1.165) is 57.8 Å². The number of carbonyl (C=O) groups excluding carboxylic acids is 1. The van der Waals surface area contributed by atoms with E-state index >= 15 is 0 Å². The molecule has 1 saturated heterocycles. The predicted octanol–water partition coefficient (Wildman–Crippen LogP) is 5.18. The van der Waals surface area contributed by atoms with E-state index in [4.69, 9.17) is 9.72 Å². The summed E-state index contributed by atoms with van der Waals surface area (Å²) in [5.41, 5.74) is 5.68. The standard InChI is InChI=1S/C28H27N3O2/c1-20-8-13-26-24(18-20)25(19-27(29-26)21-6-4-3-5-7-21)28(32)31-16-14-30(15-17-31)22-9-11-23(33-2)12-10-22/h3-13,18-19H,14-17H2,1-2H3. The van der Waals surface area contributed by atoms with E-state index in [1.54, 1.807) is 7.11 Å². The number of nitrogens with zero attached hydrogens (tertiary/aromatic N) is 3. The van der Waals surface area contributed by atoms with Gasteiger partial charge in [-0.05, 0) is 49.4 Å². The minimum atomic E-state index is 0.0690. The summed E-state index contributed by atoms with van der Waals surface area (Å²) in [5.74, 6) is 0.918. The van der Waals surface area contributed by atoms with Gasteiger partial charge in [0.1, 0.15) is 5.75 Å². The second-order valence-electron chi connectivity index (χ2n) is 8.42. The average molecular weight is 438 g/mol. The number of methoxy groups -OCH3 is 1. The van der Waals surface area contributed by atoms with Crippen molar-refractivity contribution in [2.45, 2.75) is 6.92 Å². The van der Waals surface area contributed by atoms with Crippen LogP contribution in [0.5, 0.6) is 5.75 Å². The zero-order valence-electron chi connectivity index (χ0n) is 19.0. The minimum absolute atomic E-state index is 0.0690. The molecule has 1 aromatic heterocycles. The van der Waals surface area contributed by atoms with Gasteiger partial charge in [-0.3, -0.25) is 4.79 Å². The van der Waals surface area contributed by atoms with Crippen molar-refractivity contribution in [1.82, 2.24) is 9.88 Å². The Hall–Kier alpha value is -3.86. The van der Waals surface area contributed by atoms with Gasteiger partial charge in [0.05, 0.1) is 23.9 Å². The smallest absolute Gasteiger partial charge is 0.254 e. The lowest BCUT2D eigenvalue weighted by molar-refractivity contribution is 0.0748. The number of piperazine rings is 1. The summed E-state index contributed by atoms with van der Waals surface area (Å²) in [7, 11) is 1.67. The lowest BCUT2D eigenvalue weighted by Gasteiger charge is -2.36. The number of fused-ring (bicyclic) bond motifs is 1. The molecule has 0 unspecified atom stereocenters. The van der Waals surface area contributed by atoms with Gasteiger partial charge >= 0.3 is 0 Å². The van der Waals surface area contributed by atoms with Crippen LogP contribution in [0.2, 0.25) is 0 Å². The Morgan fingerprint density at radius 3 is 2.30 bits per heavy atom. The Morgan fingerprint density at radius 2 is 1.61 bits per heavy atom. The van der Waals surface area contributed by atoms with Gasteiger partial charge < -0.3 is 14.5 Å². The van der Waals surface area contributed by atoms with Crippen molar-refractivity contribution in [3.63, 3.8) is 0 Å². The number of amides is 1. The van der Waals surface area contributed by atoms with E-state index in [1.807, 2.05) is 72.5 Å². The number of carbonyl (C=O) groups is 1. The first-order valence-electron chi connectivity index (χ1n) is 11.3. The van der Waals surface area contributed by atoms with Crippen LogP contribution in [0.15, 0.2) is 78.9 Å². The van der Waals surface area contributed by atoms with Gasteiger partial charge in [0.25, 0.3) is 5.91 Å². The van der Waals surface area contributed by atoms with E-state index in [9.17, 15) is 4.79 Å². The molecule has 33 heavy (non-hydrogen) atoms. The fraction of sp³-hybridized carbons (Fsp3) is 0.214. The normalized spacial score (nSPS) is 13.9. The Balaban J connectivity index is 1.42. The molecule has 0 spiro atoms. The number of hydrogen-bond donors (Lipinski definition) is 0. The van der Waals surface area contributed by atoms with Crippen LogP contribution in [0.25, 0.3) is 22.2 Å². The Bertz CT molecular complexity index is 1280. The lowest BCUT2D eigenvalue weighted by atomic mass is 10.0. The van der Waals surface area contributed by atoms with Gasteiger partial charge in [0.2, 0.25) is 0 Å². The minimum Gasteiger partial charge on any atom is -0.497 e. The number of anilines is 1. The van der Waals surface area contributed by atoms with Crippen molar-refractivity contribution in [2.24, 2.45) is 0 Å². The SMILES string of the molecule is COc1ccc(N2CCN(C(=O)c3cc(-c4ccccc4)nc4ccc(C)cc34)CC2)cc1. The van der Waals surface area contributed by atoms with Crippen molar-refractivity contribution in [2.75, 3.05) is 38.2 Å². The van der Waals surface area contributed by atoms with Crippen LogP contribution in [0.3, 0.4) is 0 Å². The number of pyridine rings is 1. The highest BCUT2D eigenvalue weighted by molar-refractivity contribution is 6.07. The molecule has 4 aromatic rings. The van der Waals surface area contributed by atoms with Crippen LogP contribution in [-0.2, 0) is 0 Å². The first kappa shape index (κ1) is 21.0. The molecule has 5 rings (SSSR count). The van der Waals surface area contributed by atoms with Gasteiger partial charge in [-0.1, -0.05) is 42.0 Å². The molecule has 3 aromatic carbocycles. The van der Waals surface area contributed by atoms with Crippen LogP contribution < -0.4 is 9.64 Å². The summed E-state index contributed by atoms with van der Waals surface area (Å²) in [6.45, 7) is 5.01. The van der Waals surface area contributed by atoms with E-state index in [0.29, 0.717) is 13.1 Å². The number of ether oxygens (including phenoxy) is 1. The van der Waals surface area contributed by atoms with Gasteiger partial charge in [0, 0.05) is 42.8 Å².